The van der Waals surface area contributed by atoms with Gasteiger partial charge in [0.1, 0.15) is 0 Å². The van der Waals surface area contributed by atoms with E-state index in [4.69, 9.17) is 4.74 Å². The van der Waals surface area contributed by atoms with E-state index in [2.05, 4.69) is 25.3 Å². The first-order valence-electron chi connectivity index (χ1n) is 2.21. The van der Waals surface area contributed by atoms with E-state index in [1.807, 2.05) is 0 Å². The quantitative estimate of drug-likeness (QED) is 0.344. The third-order valence-corrected chi connectivity index (χ3v) is 0.836. The van der Waals surface area contributed by atoms with Crippen LogP contribution in [-0.4, -0.2) is 67.9 Å². The maximum atomic E-state index is 4.98. The van der Waals surface area contributed by atoms with Gasteiger partial charge in [0.25, 0.3) is 0 Å². The molecule has 0 aliphatic carbocycles. The Morgan fingerprint density at radius 2 is 1.33 bits per heavy atom. The van der Waals surface area contributed by atoms with E-state index in [0.29, 0.717) is 0 Å². The number of hydrogen-bond acceptors (Lipinski definition) is 3. The van der Waals surface area contributed by atoms with Crippen molar-refractivity contribution in [1.29, 1.82) is 0 Å². The second-order valence-electron chi connectivity index (χ2n) is 1.06. The molecule has 2 N–H and O–H groups in total. The predicted octanol–water partition coefficient (Wildman–Crippen LogP) is -0.878. The van der Waals surface area contributed by atoms with Crippen LogP contribution >= 0.6 is 25.3 Å². The summed E-state index contributed by atoms with van der Waals surface area (Å²) in [4.78, 5) is 0. The predicted molar refractivity (Wildman–Crippen MR) is 50.7 cm³/mol. The molecule has 0 bridgehead atoms. The van der Waals surface area contributed by atoms with Crippen LogP contribution in [0, 0.1) is 0 Å². The Labute approximate surface area is 96.9 Å². The van der Waals surface area contributed by atoms with Gasteiger partial charge in [-0.25, -0.2) is 0 Å². The molecule has 0 aromatic heterocycles. The van der Waals surface area contributed by atoms with E-state index in [1.165, 1.54) is 0 Å². The maximum absolute atomic E-state index is 4.98. The molecular formula is C4H14CaO2S2. The first kappa shape index (κ1) is 17.1. The van der Waals surface area contributed by atoms with Gasteiger partial charge < -0.3 is 10.2 Å². The van der Waals surface area contributed by atoms with E-state index in [0.717, 1.165) is 24.7 Å². The Hall–Kier alpha value is 1.88. The molecule has 2 nitrogen and oxygen atoms in total. The summed E-state index contributed by atoms with van der Waals surface area (Å²) >= 11 is 7.89. The standard InChI is InChI=1S/C4H10OS2.Ca.H2O.2H/c6-3-1-5-2-4-7;;;;/h6-7H,1-4H2;;1H2;;. The Morgan fingerprint density at radius 3 is 1.56 bits per heavy atom. The zero-order chi connectivity index (χ0) is 5.54. The van der Waals surface area contributed by atoms with Crippen molar-refractivity contribution in [3.8, 4) is 0 Å². The summed E-state index contributed by atoms with van der Waals surface area (Å²) in [7, 11) is 0. The normalized spacial score (nSPS) is 7.33. The van der Waals surface area contributed by atoms with Gasteiger partial charge in [0.05, 0.1) is 13.2 Å². The van der Waals surface area contributed by atoms with Crippen LogP contribution in [0.4, 0.5) is 0 Å². The minimum atomic E-state index is 0. The first-order valence-corrected chi connectivity index (χ1v) is 3.47. The molecule has 0 radical (unpaired) electrons. The van der Waals surface area contributed by atoms with Crippen LogP contribution in [0.15, 0.2) is 0 Å². The summed E-state index contributed by atoms with van der Waals surface area (Å²) in [6.07, 6.45) is 0. The second kappa shape index (κ2) is 16.5. The number of hydrogen-bond donors (Lipinski definition) is 2. The summed E-state index contributed by atoms with van der Waals surface area (Å²) in [5.74, 6) is 1.60. The van der Waals surface area contributed by atoms with Crippen molar-refractivity contribution in [2.75, 3.05) is 24.7 Å². The van der Waals surface area contributed by atoms with Gasteiger partial charge in [-0.2, -0.15) is 25.3 Å². The topological polar surface area (TPSA) is 40.7 Å². The molecule has 0 aromatic rings. The van der Waals surface area contributed by atoms with Crippen molar-refractivity contribution < 1.29 is 10.2 Å². The van der Waals surface area contributed by atoms with Crippen LogP contribution in [0.2, 0.25) is 0 Å². The minimum absolute atomic E-state index is 0. The first-order chi connectivity index (χ1) is 3.41. The molecule has 0 saturated carbocycles. The van der Waals surface area contributed by atoms with Crippen molar-refractivity contribution in [1.82, 2.24) is 0 Å². The molecule has 0 heterocycles. The average molecular weight is 198 g/mol. The molecule has 9 heavy (non-hydrogen) atoms. The van der Waals surface area contributed by atoms with Crippen LogP contribution < -0.4 is 0 Å². The summed E-state index contributed by atoms with van der Waals surface area (Å²) < 4.78 is 4.98. The fourth-order valence-electron chi connectivity index (χ4n) is 0.231. The van der Waals surface area contributed by atoms with Crippen LogP contribution in [0.1, 0.15) is 0 Å². The van der Waals surface area contributed by atoms with E-state index < -0.39 is 0 Å². The van der Waals surface area contributed by atoms with Crippen LogP contribution in [0.3, 0.4) is 0 Å². The van der Waals surface area contributed by atoms with Crippen LogP contribution in [0.5, 0.6) is 0 Å². The molecule has 0 saturated heterocycles. The van der Waals surface area contributed by atoms with E-state index in [9.17, 15) is 0 Å². The Morgan fingerprint density at radius 1 is 1.00 bits per heavy atom. The van der Waals surface area contributed by atoms with E-state index >= 15 is 0 Å². The van der Waals surface area contributed by atoms with Crippen LogP contribution in [-0.2, 0) is 4.74 Å². The Bertz CT molecular complexity index is 35.7. The molecule has 0 aromatic carbocycles. The van der Waals surface area contributed by atoms with E-state index in [-0.39, 0.29) is 43.2 Å². The zero-order valence-electron chi connectivity index (χ0n) is 4.63. The Kier molecular flexibility index (Phi) is 31.3. The number of ether oxygens (including phenoxy) is 1. The molecule has 0 atom stereocenters. The van der Waals surface area contributed by atoms with Gasteiger partial charge in [0.15, 0.2) is 0 Å². The average Bonchev–Trinajstić information content (AvgIpc) is 1.69. The molecule has 0 fully saturated rings. The molecule has 56 valence electrons. The van der Waals surface area contributed by atoms with Crippen molar-refractivity contribution in [2.24, 2.45) is 0 Å². The third-order valence-electron chi connectivity index (χ3n) is 0.471. The molecule has 0 spiro atoms. The number of rotatable bonds is 4. The molecule has 0 unspecified atom stereocenters. The number of thiol groups is 2. The van der Waals surface area contributed by atoms with Crippen molar-refractivity contribution in [2.45, 2.75) is 0 Å². The van der Waals surface area contributed by atoms with Crippen molar-refractivity contribution >= 4 is 63.0 Å². The molecule has 0 aliphatic rings. The van der Waals surface area contributed by atoms with Gasteiger partial charge in [-0.3, -0.25) is 0 Å². The Balaban J connectivity index is -0.000000180. The summed E-state index contributed by atoms with van der Waals surface area (Å²) in [6, 6.07) is 0. The molecule has 0 amide bonds. The van der Waals surface area contributed by atoms with Gasteiger partial charge in [0.2, 0.25) is 0 Å². The monoisotopic (exact) mass is 198 g/mol. The molecular weight excluding hydrogens is 184 g/mol. The molecule has 0 rings (SSSR count). The SMILES string of the molecule is O.SCCOCCS.[CaH2]. The fraction of sp³-hybridized carbons (Fsp3) is 1.00. The van der Waals surface area contributed by atoms with Gasteiger partial charge in [-0.05, 0) is 0 Å². The van der Waals surface area contributed by atoms with Gasteiger partial charge >= 0.3 is 37.7 Å². The molecule has 0 aliphatic heterocycles. The third kappa shape index (κ3) is 17.7. The van der Waals surface area contributed by atoms with Gasteiger partial charge in [0, 0.05) is 11.5 Å². The van der Waals surface area contributed by atoms with E-state index in [1.54, 1.807) is 0 Å². The second-order valence-corrected chi connectivity index (χ2v) is 1.95. The van der Waals surface area contributed by atoms with Gasteiger partial charge in [-0.1, -0.05) is 0 Å². The zero-order valence-corrected chi connectivity index (χ0v) is 6.42. The summed E-state index contributed by atoms with van der Waals surface area (Å²) in [5.41, 5.74) is 0. The summed E-state index contributed by atoms with van der Waals surface area (Å²) in [6.45, 7) is 1.48. The van der Waals surface area contributed by atoms with Crippen LogP contribution in [0.25, 0.3) is 0 Å². The van der Waals surface area contributed by atoms with Crippen molar-refractivity contribution in [3.63, 3.8) is 0 Å². The summed E-state index contributed by atoms with van der Waals surface area (Å²) in [5, 5.41) is 0. The molecule has 5 heteroatoms. The van der Waals surface area contributed by atoms with Crippen molar-refractivity contribution in [3.05, 3.63) is 0 Å². The van der Waals surface area contributed by atoms with Gasteiger partial charge in [-0.15, -0.1) is 0 Å². The fourth-order valence-corrected chi connectivity index (χ4v) is 0.489.